The molecule has 4 nitrogen and oxygen atoms in total. The molecule has 0 saturated carbocycles. The van der Waals surface area contributed by atoms with Crippen LogP contribution in [-0.2, 0) is 9.16 Å². The Labute approximate surface area is 200 Å². The average Bonchev–Trinajstić information content (AvgIpc) is 3.12. The summed E-state index contributed by atoms with van der Waals surface area (Å²) < 4.78 is 12.1. The van der Waals surface area contributed by atoms with Crippen LogP contribution in [0.1, 0.15) is 57.4 Å². The largest absolute Gasteiger partial charge is 0.438 e. The zero-order valence-electron chi connectivity index (χ0n) is 20.7. The maximum absolute atomic E-state index is 13.0. The minimum atomic E-state index is -1.79. The molecule has 0 radical (unpaired) electrons. The predicted octanol–water partition coefficient (Wildman–Crippen LogP) is 7.79. The Hall–Kier alpha value is -2.63. The first-order valence-corrected chi connectivity index (χ1v) is 14.6. The normalized spacial score (nSPS) is 19.9. The van der Waals surface area contributed by atoms with Crippen LogP contribution >= 0.6 is 0 Å². The molecule has 0 aliphatic carbocycles. The van der Waals surface area contributed by atoms with Gasteiger partial charge in [-0.3, -0.25) is 4.90 Å². The Balaban J connectivity index is 1.84. The van der Waals surface area contributed by atoms with Crippen LogP contribution in [0.15, 0.2) is 84.6 Å². The number of carbonyl (C=O) groups excluding carboxylic acids is 1. The molecule has 176 valence electrons. The van der Waals surface area contributed by atoms with Crippen LogP contribution in [0, 0.1) is 0 Å². The smallest absolute Gasteiger partial charge is 0.415 e. The Bertz CT molecular complexity index is 977. The molecular formula is C28H37NO3Si. The van der Waals surface area contributed by atoms with Crippen molar-refractivity contribution in [2.45, 2.75) is 64.4 Å². The lowest BCUT2D eigenvalue weighted by Gasteiger charge is -2.35. The van der Waals surface area contributed by atoms with Crippen LogP contribution in [0.4, 0.5) is 4.79 Å². The monoisotopic (exact) mass is 463 g/mol. The third kappa shape index (κ3) is 6.04. The Morgan fingerprint density at radius 2 is 1.61 bits per heavy atom. The maximum Gasteiger partial charge on any atom is 0.415 e. The standard InChI is InChI=1S/C28H37NO3Si/c1-7-22(15-14-20-31-33(5,6)28(2,3)4)21-29-25(23-16-10-8-11-17-23)26(32-27(29)30)24-18-12-9-13-19-24/h8-19,21,25-26H,7,20H2,1-6H3/b15-14+,22-21+/t25-,26+/m0/s1. The SMILES string of the molecule is CCC(/C=C/CO[Si](C)(C)C(C)(C)C)=C\N1C(=O)O[C@H](c2ccccc2)[C@@H]1c1ccccc1. The van der Waals surface area contributed by atoms with Crippen molar-refractivity contribution < 1.29 is 14.0 Å². The van der Waals surface area contributed by atoms with Gasteiger partial charge < -0.3 is 9.16 Å². The van der Waals surface area contributed by atoms with E-state index in [1.165, 1.54) is 0 Å². The quantitative estimate of drug-likeness (QED) is 0.296. The molecule has 1 amide bonds. The van der Waals surface area contributed by atoms with Crippen molar-refractivity contribution in [2.75, 3.05) is 6.61 Å². The molecule has 5 heteroatoms. The summed E-state index contributed by atoms with van der Waals surface area (Å²) in [6.45, 7) is 13.9. The summed E-state index contributed by atoms with van der Waals surface area (Å²) in [6, 6.07) is 19.8. The summed E-state index contributed by atoms with van der Waals surface area (Å²) in [5.74, 6) is 0. The lowest BCUT2D eigenvalue weighted by atomic mass is 9.95. The van der Waals surface area contributed by atoms with Crippen molar-refractivity contribution in [1.82, 2.24) is 4.90 Å². The van der Waals surface area contributed by atoms with Gasteiger partial charge in [-0.2, -0.15) is 0 Å². The van der Waals surface area contributed by atoms with E-state index >= 15 is 0 Å². The van der Waals surface area contributed by atoms with E-state index in [1.54, 1.807) is 4.90 Å². The maximum atomic E-state index is 13.0. The van der Waals surface area contributed by atoms with Crippen molar-refractivity contribution in [3.63, 3.8) is 0 Å². The molecule has 1 fully saturated rings. The second kappa shape index (κ2) is 10.5. The number of ether oxygens (including phenoxy) is 1. The lowest BCUT2D eigenvalue weighted by molar-refractivity contribution is 0.131. The molecule has 1 aliphatic rings. The van der Waals surface area contributed by atoms with E-state index in [1.807, 2.05) is 54.7 Å². The fourth-order valence-electron chi connectivity index (χ4n) is 3.61. The number of cyclic esters (lactones) is 1. The summed E-state index contributed by atoms with van der Waals surface area (Å²) in [5.41, 5.74) is 3.10. The molecule has 0 unspecified atom stereocenters. The molecule has 3 rings (SSSR count). The highest BCUT2D eigenvalue weighted by Crippen LogP contribution is 2.43. The molecule has 0 bridgehead atoms. The van der Waals surface area contributed by atoms with Crippen molar-refractivity contribution in [3.05, 3.63) is 95.7 Å². The molecular weight excluding hydrogens is 426 g/mol. The molecule has 1 heterocycles. The molecule has 0 spiro atoms. The van der Waals surface area contributed by atoms with Crippen LogP contribution in [0.3, 0.4) is 0 Å². The topological polar surface area (TPSA) is 38.8 Å². The highest BCUT2D eigenvalue weighted by Gasteiger charge is 2.42. The summed E-state index contributed by atoms with van der Waals surface area (Å²) in [4.78, 5) is 14.7. The molecule has 0 aromatic heterocycles. The number of nitrogens with zero attached hydrogens (tertiary/aromatic N) is 1. The fraction of sp³-hybridized carbons (Fsp3) is 0.393. The van der Waals surface area contributed by atoms with Crippen molar-refractivity contribution >= 4 is 14.4 Å². The van der Waals surface area contributed by atoms with Gasteiger partial charge >= 0.3 is 6.09 Å². The van der Waals surface area contributed by atoms with Crippen LogP contribution in [-0.4, -0.2) is 25.9 Å². The first-order chi connectivity index (χ1) is 15.6. The van der Waals surface area contributed by atoms with E-state index in [0.29, 0.717) is 6.61 Å². The fourth-order valence-corrected chi connectivity index (χ4v) is 4.55. The zero-order chi connectivity index (χ0) is 24.1. The highest BCUT2D eigenvalue weighted by atomic mass is 28.4. The number of amides is 1. The minimum Gasteiger partial charge on any atom is -0.438 e. The van der Waals surface area contributed by atoms with Crippen molar-refractivity contribution in [1.29, 1.82) is 0 Å². The van der Waals surface area contributed by atoms with Crippen molar-refractivity contribution in [2.24, 2.45) is 0 Å². The van der Waals surface area contributed by atoms with Gasteiger partial charge in [0.1, 0.15) is 6.04 Å². The van der Waals surface area contributed by atoms with E-state index in [-0.39, 0.29) is 23.3 Å². The van der Waals surface area contributed by atoms with Gasteiger partial charge in [0.25, 0.3) is 0 Å². The van der Waals surface area contributed by atoms with E-state index in [4.69, 9.17) is 9.16 Å². The number of hydrogen-bond acceptors (Lipinski definition) is 3. The van der Waals surface area contributed by atoms with Gasteiger partial charge in [0.2, 0.25) is 0 Å². The predicted molar refractivity (Wildman–Crippen MR) is 137 cm³/mol. The first-order valence-electron chi connectivity index (χ1n) is 11.7. The van der Waals surface area contributed by atoms with Crippen LogP contribution in [0.2, 0.25) is 18.1 Å². The van der Waals surface area contributed by atoms with E-state index in [9.17, 15) is 4.79 Å². The minimum absolute atomic E-state index is 0.179. The lowest BCUT2D eigenvalue weighted by Crippen LogP contribution is -2.40. The average molecular weight is 464 g/mol. The number of rotatable bonds is 8. The molecule has 2 atom stereocenters. The Morgan fingerprint density at radius 3 is 2.15 bits per heavy atom. The van der Waals surface area contributed by atoms with Gasteiger partial charge in [-0.1, -0.05) is 101 Å². The summed E-state index contributed by atoms with van der Waals surface area (Å²) in [6.07, 6.45) is 6.18. The summed E-state index contributed by atoms with van der Waals surface area (Å²) in [7, 11) is -1.79. The van der Waals surface area contributed by atoms with E-state index < -0.39 is 8.32 Å². The summed E-state index contributed by atoms with van der Waals surface area (Å²) in [5, 5.41) is 0.179. The van der Waals surface area contributed by atoms with Crippen molar-refractivity contribution in [3.8, 4) is 0 Å². The highest BCUT2D eigenvalue weighted by molar-refractivity contribution is 6.74. The second-order valence-electron chi connectivity index (χ2n) is 10.0. The van der Waals surface area contributed by atoms with Gasteiger partial charge in [0, 0.05) is 6.20 Å². The number of benzene rings is 2. The third-order valence-corrected chi connectivity index (χ3v) is 11.2. The van der Waals surface area contributed by atoms with Gasteiger partial charge in [-0.25, -0.2) is 4.79 Å². The zero-order valence-corrected chi connectivity index (χ0v) is 21.7. The van der Waals surface area contributed by atoms with Gasteiger partial charge in [0.15, 0.2) is 14.4 Å². The molecule has 1 saturated heterocycles. The second-order valence-corrected chi connectivity index (χ2v) is 14.8. The first kappa shape index (κ1) is 25.0. The van der Waals surface area contributed by atoms with Gasteiger partial charge in [0.05, 0.1) is 6.61 Å². The third-order valence-electron chi connectivity index (χ3n) is 6.69. The van der Waals surface area contributed by atoms with E-state index in [0.717, 1.165) is 23.1 Å². The molecule has 1 aliphatic heterocycles. The molecule has 2 aromatic carbocycles. The number of allylic oxidation sites excluding steroid dienone is 2. The number of carbonyl (C=O) groups is 1. The molecule has 2 aromatic rings. The summed E-state index contributed by atoms with van der Waals surface area (Å²) >= 11 is 0. The Kier molecular flexibility index (Phi) is 7.98. The molecule has 0 N–H and O–H groups in total. The Morgan fingerprint density at radius 1 is 1.03 bits per heavy atom. The van der Waals surface area contributed by atoms with Gasteiger partial charge in [-0.15, -0.1) is 0 Å². The molecule has 33 heavy (non-hydrogen) atoms. The van der Waals surface area contributed by atoms with Crippen LogP contribution in [0.25, 0.3) is 0 Å². The van der Waals surface area contributed by atoms with Gasteiger partial charge in [-0.05, 0) is 41.3 Å². The van der Waals surface area contributed by atoms with Crippen LogP contribution < -0.4 is 0 Å². The van der Waals surface area contributed by atoms with E-state index in [2.05, 4.69) is 65.1 Å². The number of hydrogen-bond donors (Lipinski definition) is 0. The van der Waals surface area contributed by atoms with Crippen LogP contribution in [0.5, 0.6) is 0 Å².